The summed E-state index contributed by atoms with van der Waals surface area (Å²) in [5.74, 6) is 0.908. The number of nitrogens with one attached hydrogen (secondary N) is 1. The number of hydrogen-bond donors (Lipinski definition) is 1. The van der Waals surface area contributed by atoms with Crippen LogP contribution >= 0.6 is 0 Å². The van der Waals surface area contributed by atoms with Gasteiger partial charge in [0.05, 0.1) is 16.3 Å². The van der Waals surface area contributed by atoms with Gasteiger partial charge in [-0.15, -0.1) is 0 Å². The summed E-state index contributed by atoms with van der Waals surface area (Å²) < 4.78 is 32.6. The van der Waals surface area contributed by atoms with Crippen molar-refractivity contribution in [2.24, 2.45) is 0 Å². The lowest BCUT2D eigenvalue weighted by Gasteiger charge is -2.11. The summed E-state index contributed by atoms with van der Waals surface area (Å²) in [5.41, 5.74) is 1.87. The van der Waals surface area contributed by atoms with Gasteiger partial charge in [-0.1, -0.05) is 36.4 Å². The van der Waals surface area contributed by atoms with Gasteiger partial charge in [0.25, 0.3) is 0 Å². The molecule has 1 aliphatic heterocycles. The first-order valence-corrected chi connectivity index (χ1v) is 10.1. The van der Waals surface area contributed by atoms with Crippen molar-refractivity contribution in [3.63, 3.8) is 0 Å². The summed E-state index contributed by atoms with van der Waals surface area (Å²) in [6, 6.07) is 18.1. The van der Waals surface area contributed by atoms with Crippen LogP contribution in [0.15, 0.2) is 74.9 Å². The first-order valence-electron chi connectivity index (χ1n) is 8.62. The second-order valence-corrected chi connectivity index (χ2v) is 8.49. The summed E-state index contributed by atoms with van der Waals surface area (Å²) in [6.45, 7) is 1.57. The molecular weight excluding hydrogens is 346 g/mol. The highest BCUT2D eigenvalue weighted by Crippen LogP contribution is 2.33. The van der Waals surface area contributed by atoms with Crippen LogP contribution in [0.3, 0.4) is 0 Å². The molecule has 5 rings (SSSR count). The monoisotopic (exact) mass is 363 g/mol. The Labute approximate surface area is 151 Å². The number of hydrogen-bond acceptors (Lipinski definition) is 4. The average molecular weight is 363 g/mol. The molecular formula is C21H17NO3S. The molecule has 1 aromatic heterocycles. The largest absolute Gasteiger partial charge is 0.459 e. The van der Waals surface area contributed by atoms with Crippen LogP contribution in [-0.2, 0) is 22.8 Å². The average Bonchev–Trinajstić information content (AvgIpc) is 3.05. The van der Waals surface area contributed by atoms with Crippen LogP contribution in [0.5, 0.6) is 0 Å². The van der Waals surface area contributed by atoms with Crippen molar-refractivity contribution in [3.05, 3.63) is 72.0 Å². The molecule has 0 atom stereocenters. The van der Waals surface area contributed by atoms with E-state index in [1.807, 2.05) is 30.3 Å². The van der Waals surface area contributed by atoms with Gasteiger partial charge >= 0.3 is 0 Å². The van der Waals surface area contributed by atoms with Crippen LogP contribution in [0.2, 0.25) is 0 Å². The molecule has 26 heavy (non-hydrogen) atoms. The molecule has 0 amide bonds. The van der Waals surface area contributed by atoms with Gasteiger partial charge in [-0.2, -0.15) is 0 Å². The van der Waals surface area contributed by atoms with E-state index in [-0.39, 0.29) is 0 Å². The van der Waals surface area contributed by atoms with E-state index in [0.717, 1.165) is 46.0 Å². The number of sulfone groups is 1. The maximum Gasteiger partial charge on any atom is 0.207 e. The number of fused-ring (bicyclic) bond motifs is 4. The van der Waals surface area contributed by atoms with Crippen molar-refractivity contribution in [1.82, 2.24) is 5.32 Å². The van der Waals surface area contributed by atoms with Crippen LogP contribution in [0.25, 0.3) is 21.7 Å². The van der Waals surface area contributed by atoms with Gasteiger partial charge in [-0.05, 0) is 42.6 Å². The molecule has 130 valence electrons. The van der Waals surface area contributed by atoms with Crippen molar-refractivity contribution in [3.8, 4) is 0 Å². The highest BCUT2D eigenvalue weighted by atomic mass is 32.2. The van der Waals surface area contributed by atoms with Crippen LogP contribution in [0.1, 0.15) is 11.3 Å². The molecule has 0 radical (unpaired) electrons. The third-order valence-corrected chi connectivity index (χ3v) is 6.84. The van der Waals surface area contributed by atoms with Crippen LogP contribution < -0.4 is 5.32 Å². The molecule has 0 saturated heterocycles. The van der Waals surface area contributed by atoms with Crippen molar-refractivity contribution >= 4 is 31.6 Å². The summed E-state index contributed by atoms with van der Waals surface area (Å²) in [4.78, 5) is 0.650. The summed E-state index contributed by atoms with van der Waals surface area (Å²) in [6.07, 6.45) is 0.847. The molecule has 0 aliphatic carbocycles. The lowest BCUT2D eigenvalue weighted by molar-refractivity contribution is 0.488. The zero-order chi connectivity index (χ0) is 17.7. The Kier molecular flexibility index (Phi) is 3.42. The van der Waals surface area contributed by atoms with E-state index in [0.29, 0.717) is 16.3 Å². The van der Waals surface area contributed by atoms with Crippen molar-refractivity contribution in [2.75, 3.05) is 6.54 Å². The minimum Gasteiger partial charge on any atom is -0.459 e. The molecule has 0 bridgehead atoms. The Bertz CT molecular complexity index is 1250. The summed E-state index contributed by atoms with van der Waals surface area (Å²) >= 11 is 0. The zero-order valence-electron chi connectivity index (χ0n) is 14.0. The van der Waals surface area contributed by atoms with Crippen molar-refractivity contribution < 1.29 is 12.8 Å². The normalized spacial score (nSPS) is 14.6. The molecule has 0 saturated carbocycles. The molecule has 4 nitrogen and oxygen atoms in total. The highest BCUT2D eigenvalue weighted by Gasteiger charge is 2.23. The topological polar surface area (TPSA) is 59.3 Å². The van der Waals surface area contributed by atoms with Gasteiger partial charge in [0, 0.05) is 16.3 Å². The van der Waals surface area contributed by atoms with Gasteiger partial charge in [-0.3, -0.25) is 0 Å². The first kappa shape index (κ1) is 15.6. The molecule has 3 aromatic carbocycles. The van der Waals surface area contributed by atoms with E-state index in [1.54, 1.807) is 30.3 Å². The Hall–Kier alpha value is -2.63. The third-order valence-electron chi connectivity index (χ3n) is 5.03. The molecule has 1 N–H and O–H groups in total. The van der Waals surface area contributed by atoms with Crippen molar-refractivity contribution in [2.45, 2.75) is 22.8 Å². The zero-order valence-corrected chi connectivity index (χ0v) is 14.8. The van der Waals surface area contributed by atoms with E-state index in [9.17, 15) is 8.42 Å². The molecule has 0 unspecified atom stereocenters. The molecule has 2 heterocycles. The minimum absolute atomic E-state index is 0.309. The lowest BCUT2D eigenvalue weighted by atomic mass is 10.1. The Morgan fingerprint density at radius 2 is 1.77 bits per heavy atom. The van der Waals surface area contributed by atoms with E-state index < -0.39 is 9.84 Å². The number of rotatable bonds is 2. The predicted octanol–water partition coefficient (Wildman–Crippen LogP) is 4.06. The van der Waals surface area contributed by atoms with E-state index in [2.05, 4.69) is 5.32 Å². The summed E-state index contributed by atoms with van der Waals surface area (Å²) in [7, 11) is -3.62. The molecule has 0 spiro atoms. The van der Waals surface area contributed by atoms with E-state index >= 15 is 0 Å². The first-order chi connectivity index (χ1) is 12.6. The van der Waals surface area contributed by atoms with Gasteiger partial charge in [0.2, 0.25) is 9.84 Å². The van der Waals surface area contributed by atoms with Gasteiger partial charge < -0.3 is 9.73 Å². The standard InChI is InChI=1S/C21H17NO3S/c23-26(24,21-7-3-5-14-4-1-2-6-16(14)21)15-8-9-19-18(12-15)17-10-11-22-13-20(17)25-19/h1-9,12,22H,10-11,13H2. The van der Waals surface area contributed by atoms with E-state index in [1.165, 1.54) is 0 Å². The fraction of sp³-hybridized carbons (Fsp3) is 0.143. The van der Waals surface area contributed by atoms with Gasteiger partial charge in [0.15, 0.2) is 0 Å². The Morgan fingerprint density at radius 1 is 0.923 bits per heavy atom. The second kappa shape index (κ2) is 5.69. The SMILES string of the molecule is O=S(=O)(c1ccc2oc3c(c2c1)CCNC3)c1cccc2ccccc12. The Morgan fingerprint density at radius 3 is 2.69 bits per heavy atom. The lowest BCUT2D eigenvalue weighted by Crippen LogP contribution is -2.22. The maximum absolute atomic E-state index is 13.3. The predicted molar refractivity (Wildman–Crippen MR) is 101 cm³/mol. The van der Waals surface area contributed by atoms with Crippen LogP contribution in [0, 0.1) is 0 Å². The van der Waals surface area contributed by atoms with Crippen LogP contribution in [0.4, 0.5) is 0 Å². The van der Waals surface area contributed by atoms with Gasteiger partial charge in [0.1, 0.15) is 11.3 Å². The molecule has 1 aliphatic rings. The van der Waals surface area contributed by atoms with Crippen LogP contribution in [-0.4, -0.2) is 15.0 Å². The molecule has 4 aromatic rings. The highest BCUT2D eigenvalue weighted by molar-refractivity contribution is 7.91. The smallest absolute Gasteiger partial charge is 0.207 e. The third kappa shape index (κ3) is 2.28. The summed E-state index contributed by atoms with van der Waals surface area (Å²) in [5, 5.41) is 5.85. The quantitative estimate of drug-likeness (QED) is 0.583. The Balaban J connectivity index is 1.73. The van der Waals surface area contributed by atoms with Crippen molar-refractivity contribution in [1.29, 1.82) is 0 Å². The second-order valence-electron chi connectivity index (χ2n) is 6.57. The molecule has 0 fully saturated rings. The maximum atomic E-state index is 13.3. The fourth-order valence-corrected chi connectivity index (χ4v) is 5.24. The van der Waals surface area contributed by atoms with Gasteiger partial charge in [-0.25, -0.2) is 8.42 Å². The fourth-order valence-electron chi connectivity index (χ4n) is 3.73. The molecule has 5 heteroatoms. The number of furan rings is 1. The van der Waals surface area contributed by atoms with E-state index in [4.69, 9.17) is 4.42 Å². The number of benzene rings is 3. The minimum atomic E-state index is -3.62.